The fourth-order valence-electron chi connectivity index (χ4n) is 2.25. The lowest BCUT2D eigenvalue weighted by atomic mass is 10.2. The van der Waals surface area contributed by atoms with Gasteiger partial charge in [0.2, 0.25) is 5.01 Å². The van der Waals surface area contributed by atoms with E-state index in [1.54, 1.807) is 18.2 Å². The normalized spacial score (nSPS) is 10.1. The van der Waals surface area contributed by atoms with Crippen LogP contribution in [0.4, 0.5) is 0 Å². The van der Waals surface area contributed by atoms with E-state index in [9.17, 15) is 4.79 Å². The minimum atomic E-state index is -0.279. The number of amides is 1. The summed E-state index contributed by atoms with van der Waals surface area (Å²) in [5, 5.41) is 20.5. The molecule has 0 fully saturated rings. The van der Waals surface area contributed by atoms with Crippen LogP contribution in [0.1, 0.15) is 25.9 Å². The predicted molar refractivity (Wildman–Crippen MR) is 99.6 cm³/mol. The molecule has 0 saturated heterocycles. The quantitative estimate of drug-likeness (QED) is 0.677. The first kappa shape index (κ1) is 18.4. The van der Waals surface area contributed by atoms with Crippen molar-refractivity contribution in [2.45, 2.75) is 13.2 Å². The first-order valence-electron chi connectivity index (χ1n) is 8.05. The van der Waals surface area contributed by atoms with Gasteiger partial charge in [0.05, 0.1) is 18.7 Å². The zero-order chi connectivity index (χ0) is 19.1. The number of nitriles is 1. The van der Waals surface area contributed by atoms with Gasteiger partial charge in [0.25, 0.3) is 5.91 Å². The van der Waals surface area contributed by atoms with Gasteiger partial charge in [0, 0.05) is 12.6 Å². The summed E-state index contributed by atoms with van der Waals surface area (Å²) in [6.07, 6.45) is 0. The molecule has 0 aliphatic carbocycles. The van der Waals surface area contributed by atoms with Crippen molar-refractivity contribution in [2.75, 3.05) is 7.11 Å². The number of ether oxygens (including phenoxy) is 2. The van der Waals surface area contributed by atoms with Gasteiger partial charge in [-0.15, -0.1) is 10.2 Å². The van der Waals surface area contributed by atoms with E-state index in [0.29, 0.717) is 28.6 Å². The van der Waals surface area contributed by atoms with Gasteiger partial charge >= 0.3 is 0 Å². The summed E-state index contributed by atoms with van der Waals surface area (Å²) in [6, 6.07) is 16.6. The zero-order valence-electron chi connectivity index (χ0n) is 14.5. The van der Waals surface area contributed by atoms with Gasteiger partial charge < -0.3 is 14.8 Å². The molecular formula is C19H16N4O3S. The van der Waals surface area contributed by atoms with E-state index in [-0.39, 0.29) is 17.5 Å². The van der Waals surface area contributed by atoms with Gasteiger partial charge in [-0.05, 0) is 17.7 Å². The number of carbonyl (C=O) groups excluding carboxylic acids is 1. The molecule has 1 amide bonds. The highest BCUT2D eigenvalue weighted by molar-refractivity contribution is 7.13. The van der Waals surface area contributed by atoms with Crippen molar-refractivity contribution in [1.82, 2.24) is 15.5 Å². The van der Waals surface area contributed by atoms with Crippen molar-refractivity contribution < 1.29 is 14.3 Å². The molecule has 0 unspecified atom stereocenters. The maximum absolute atomic E-state index is 12.2. The number of aromatic nitrogens is 2. The second kappa shape index (κ2) is 8.78. The van der Waals surface area contributed by atoms with Crippen LogP contribution in [0.15, 0.2) is 48.5 Å². The largest absolute Gasteiger partial charge is 0.493 e. The second-order valence-corrected chi connectivity index (χ2v) is 6.50. The molecule has 0 spiro atoms. The van der Waals surface area contributed by atoms with Gasteiger partial charge in [-0.3, -0.25) is 4.79 Å². The molecule has 27 heavy (non-hydrogen) atoms. The lowest BCUT2D eigenvalue weighted by Gasteiger charge is -2.09. The van der Waals surface area contributed by atoms with E-state index in [1.165, 1.54) is 7.11 Å². The third-order valence-electron chi connectivity index (χ3n) is 3.60. The van der Waals surface area contributed by atoms with E-state index in [0.717, 1.165) is 16.9 Å². The topological polar surface area (TPSA) is 97.1 Å². The number of carbonyl (C=O) groups is 1. The van der Waals surface area contributed by atoms with Crippen LogP contribution in [0.25, 0.3) is 0 Å². The predicted octanol–water partition coefficient (Wildman–Crippen LogP) is 2.93. The van der Waals surface area contributed by atoms with E-state index in [1.807, 2.05) is 36.4 Å². The molecule has 0 aliphatic heterocycles. The SMILES string of the molecule is COc1cc(C#N)ccc1OCc1nnc(C(=O)NCc2ccccc2)s1. The number of nitrogens with zero attached hydrogens (tertiary/aromatic N) is 3. The molecule has 0 saturated carbocycles. The Morgan fingerprint density at radius 2 is 2.00 bits per heavy atom. The molecule has 3 rings (SSSR count). The molecule has 1 heterocycles. The fraction of sp³-hybridized carbons (Fsp3) is 0.158. The number of benzene rings is 2. The molecule has 8 heteroatoms. The van der Waals surface area contributed by atoms with Crippen LogP contribution in [-0.4, -0.2) is 23.2 Å². The fourth-order valence-corrected chi connectivity index (χ4v) is 2.92. The number of methoxy groups -OCH3 is 1. The smallest absolute Gasteiger partial charge is 0.282 e. The molecule has 0 radical (unpaired) electrons. The van der Waals surface area contributed by atoms with Crippen molar-refractivity contribution in [1.29, 1.82) is 5.26 Å². The van der Waals surface area contributed by atoms with Crippen LogP contribution >= 0.6 is 11.3 Å². The van der Waals surface area contributed by atoms with Crippen molar-refractivity contribution in [3.63, 3.8) is 0 Å². The van der Waals surface area contributed by atoms with Crippen molar-refractivity contribution in [3.05, 3.63) is 69.7 Å². The summed E-state index contributed by atoms with van der Waals surface area (Å²) in [7, 11) is 1.50. The summed E-state index contributed by atoms with van der Waals surface area (Å²) in [6.45, 7) is 0.569. The molecule has 1 N–H and O–H groups in total. The Hall–Kier alpha value is -3.44. The van der Waals surface area contributed by atoms with Crippen LogP contribution in [0.3, 0.4) is 0 Å². The summed E-state index contributed by atoms with van der Waals surface area (Å²) in [5.74, 6) is 0.666. The highest BCUT2D eigenvalue weighted by Crippen LogP contribution is 2.28. The zero-order valence-corrected chi connectivity index (χ0v) is 15.3. The summed E-state index contributed by atoms with van der Waals surface area (Å²) >= 11 is 1.16. The molecule has 1 aromatic heterocycles. The lowest BCUT2D eigenvalue weighted by Crippen LogP contribution is -2.22. The Morgan fingerprint density at radius 3 is 2.74 bits per heavy atom. The molecule has 136 valence electrons. The van der Waals surface area contributed by atoms with Crippen molar-refractivity contribution in [3.8, 4) is 17.6 Å². The minimum absolute atomic E-state index is 0.145. The number of hydrogen-bond acceptors (Lipinski definition) is 7. The number of hydrogen-bond donors (Lipinski definition) is 1. The second-order valence-electron chi connectivity index (χ2n) is 5.44. The third-order valence-corrected chi connectivity index (χ3v) is 4.50. The first-order valence-corrected chi connectivity index (χ1v) is 8.86. The Labute approximate surface area is 160 Å². The van der Waals surface area contributed by atoms with Crippen LogP contribution in [-0.2, 0) is 13.2 Å². The van der Waals surface area contributed by atoms with Gasteiger partial charge in [-0.1, -0.05) is 41.7 Å². The van der Waals surface area contributed by atoms with Gasteiger partial charge in [0.15, 0.2) is 16.5 Å². The van der Waals surface area contributed by atoms with E-state index >= 15 is 0 Å². The van der Waals surface area contributed by atoms with Crippen LogP contribution in [0.5, 0.6) is 11.5 Å². The molecule has 0 bridgehead atoms. The maximum Gasteiger partial charge on any atom is 0.282 e. The number of rotatable bonds is 7. The van der Waals surface area contributed by atoms with E-state index in [4.69, 9.17) is 14.7 Å². The standard InChI is InChI=1S/C19H16N4O3S/c1-25-16-9-14(10-20)7-8-15(16)26-12-17-22-23-19(27-17)18(24)21-11-13-5-3-2-4-6-13/h2-9H,11-12H2,1H3,(H,21,24). The Bertz CT molecular complexity index is 967. The molecular weight excluding hydrogens is 364 g/mol. The van der Waals surface area contributed by atoms with Gasteiger partial charge in [0.1, 0.15) is 6.61 Å². The molecule has 0 aliphatic rings. The van der Waals surface area contributed by atoms with E-state index < -0.39 is 0 Å². The average Bonchev–Trinajstić information content (AvgIpc) is 3.20. The van der Waals surface area contributed by atoms with Gasteiger partial charge in [-0.25, -0.2) is 0 Å². The van der Waals surface area contributed by atoms with Crippen LogP contribution in [0, 0.1) is 11.3 Å². The van der Waals surface area contributed by atoms with Crippen molar-refractivity contribution >= 4 is 17.2 Å². The first-order chi connectivity index (χ1) is 13.2. The van der Waals surface area contributed by atoms with E-state index in [2.05, 4.69) is 15.5 Å². The maximum atomic E-state index is 12.2. The monoisotopic (exact) mass is 380 g/mol. The average molecular weight is 380 g/mol. The van der Waals surface area contributed by atoms with Gasteiger partial charge in [-0.2, -0.15) is 5.26 Å². The van der Waals surface area contributed by atoms with Crippen LogP contribution < -0.4 is 14.8 Å². The summed E-state index contributed by atoms with van der Waals surface area (Å²) < 4.78 is 10.9. The third kappa shape index (κ3) is 4.80. The molecule has 2 aromatic carbocycles. The Kier molecular flexibility index (Phi) is 5.97. The summed E-state index contributed by atoms with van der Waals surface area (Å²) in [4.78, 5) is 12.2. The molecule has 7 nitrogen and oxygen atoms in total. The minimum Gasteiger partial charge on any atom is -0.493 e. The Balaban J connectivity index is 1.58. The summed E-state index contributed by atoms with van der Waals surface area (Å²) in [5.41, 5.74) is 1.49. The van der Waals surface area contributed by atoms with Crippen molar-refractivity contribution in [2.24, 2.45) is 0 Å². The lowest BCUT2D eigenvalue weighted by molar-refractivity contribution is 0.0950. The Morgan fingerprint density at radius 1 is 1.19 bits per heavy atom. The molecule has 0 atom stereocenters. The highest BCUT2D eigenvalue weighted by Gasteiger charge is 2.14. The molecule has 3 aromatic rings. The van der Waals surface area contributed by atoms with Crippen LogP contribution in [0.2, 0.25) is 0 Å². The highest BCUT2D eigenvalue weighted by atomic mass is 32.1. The number of nitrogens with one attached hydrogen (secondary N) is 1.